The van der Waals surface area contributed by atoms with Crippen LogP contribution in [0.1, 0.15) is 12.5 Å². The number of pyridine rings is 1. The second-order valence-corrected chi connectivity index (χ2v) is 14.8. The number of fused-ring (bicyclic) bond motifs is 7. The summed E-state index contributed by atoms with van der Waals surface area (Å²) in [6, 6.07) is 53.4. The zero-order valence-electron chi connectivity index (χ0n) is 29.8. The van der Waals surface area contributed by atoms with Gasteiger partial charge in [-0.05, 0) is 114 Å². The van der Waals surface area contributed by atoms with Gasteiger partial charge in [-0.3, -0.25) is 9.98 Å². The predicted molar refractivity (Wildman–Crippen MR) is 236 cm³/mol. The monoisotopic (exact) mass is 706 g/mol. The van der Waals surface area contributed by atoms with E-state index in [0.717, 1.165) is 11.1 Å². The molecule has 10 rings (SSSR count). The van der Waals surface area contributed by atoms with Crippen molar-refractivity contribution in [3.05, 3.63) is 182 Å². The number of benzene rings is 8. The van der Waals surface area contributed by atoms with Gasteiger partial charge in [-0.15, -0.1) is 11.3 Å². The van der Waals surface area contributed by atoms with Gasteiger partial charge in [-0.2, -0.15) is 0 Å². The van der Waals surface area contributed by atoms with E-state index in [9.17, 15) is 0 Å². The smallest absolute Gasteiger partial charge is 0.0361 e. The Labute approximate surface area is 317 Å². The average Bonchev–Trinajstić information content (AvgIpc) is 3.60. The van der Waals surface area contributed by atoms with E-state index in [0.29, 0.717) is 0 Å². The topological polar surface area (TPSA) is 25.2 Å². The standard InChI is InChI=1S/C51H34N2S/c1-3-14-33(30-52-2)48-39-20-8-10-22-41(39)50(42-23-11-9-21-40(42)48)43-24-12-25-46-51(43)44-29-32(26-27-45(44)54-46)47-35-16-4-6-18-37(35)49(34-15-13-28-53-31-34)38-19-7-5-17-36(38)47/h3-31H,2H2,1H3/b14-3-,33-30+. The molecule has 2 aromatic heterocycles. The Morgan fingerprint density at radius 2 is 1.13 bits per heavy atom. The van der Waals surface area contributed by atoms with Crippen LogP contribution in [0.15, 0.2) is 181 Å². The van der Waals surface area contributed by atoms with Crippen molar-refractivity contribution in [2.45, 2.75) is 6.92 Å². The predicted octanol–water partition coefficient (Wildman–Crippen LogP) is 14.7. The zero-order valence-corrected chi connectivity index (χ0v) is 30.6. The van der Waals surface area contributed by atoms with Crippen molar-refractivity contribution in [2.75, 3.05) is 0 Å². The van der Waals surface area contributed by atoms with E-state index in [4.69, 9.17) is 0 Å². The number of nitrogens with zero attached hydrogens (tertiary/aromatic N) is 2. The molecule has 0 spiro atoms. The first-order chi connectivity index (χ1) is 26.7. The van der Waals surface area contributed by atoms with Gasteiger partial charge in [0.25, 0.3) is 0 Å². The first-order valence-corrected chi connectivity index (χ1v) is 19.1. The summed E-state index contributed by atoms with van der Waals surface area (Å²) < 4.78 is 2.56. The number of aromatic nitrogens is 1. The number of aliphatic imine (C=N–C) groups is 1. The molecule has 0 bridgehead atoms. The summed E-state index contributed by atoms with van der Waals surface area (Å²) in [6.45, 7) is 5.86. The van der Waals surface area contributed by atoms with Gasteiger partial charge in [0, 0.05) is 49.9 Å². The third-order valence-electron chi connectivity index (χ3n) is 10.7. The minimum absolute atomic E-state index is 1.05. The summed E-state index contributed by atoms with van der Waals surface area (Å²) in [5, 5.41) is 12.3. The Morgan fingerprint density at radius 3 is 1.69 bits per heavy atom. The SMILES string of the molecule is C=N/C=C(\C=C/C)c1c2ccccc2c(-c2cccc3sc4ccc(-c5c6ccccc6c(-c6cccnc6)c6ccccc56)cc4c23)c2ccccc12. The van der Waals surface area contributed by atoms with E-state index in [1.54, 1.807) is 0 Å². The second-order valence-electron chi connectivity index (χ2n) is 13.7. The van der Waals surface area contributed by atoms with E-state index < -0.39 is 0 Å². The summed E-state index contributed by atoms with van der Waals surface area (Å²) in [7, 11) is 0. The molecule has 10 aromatic rings. The third-order valence-corrected chi connectivity index (χ3v) is 11.9. The van der Waals surface area contributed by atoms with E-state index in [1.165, 1.54) is 96.6 Å². The van der Waals surface area contributed by atoms with Crippen LogP contribution >= 0.6 is 11.3 Å². The summed E-state index contributed by atoms with van der Waals surface area (Å²) in [5.74, 6) is 0. The molecule has 54 heavy (non-hydrogen) atoms. The molecule has 0 fully saturated rings. The van der Waals surface area contributed by atoms with Crippen LogP contribution in [0.5, 0.6) is 0 Å². The third kappa shape index (κ3) is 4.93. The summed E-state index contributed by atoms with van der Waals surface area (Å²) >= 11 is 1.87. The molecule has 2 heterocycles. The van der Waals surface area contributed by atoms with Crippen molar-refractivity contribution in [2.24, 2.45) is 4.99 Å². The zero-order chi connectivity index (χ0) is 36.2. The van der Waals surface area contributed by atoms with Crippen molar-refractivity contribution >= 4 is 86.9 Å². The molecular weight excluding hydrogens is 673 g/mol. The van der Waals surface area contributed by atoms with Gasteiger partial charge >= 0.3 is 0 Å². The summed E-state index contributed by atoms with van der Waals surface area (Å²) in [6.07, 6.45) is 9.90. The molecule has 0 atom stereocenters. The van der Waals surface area contributed by atoms with Crippen LogP contribution in [0.2, 0.25) is 0 Å². The van der Waals surface area contributed by atoms with Gasteiger partial charge < -0.3 is 0 Å². The second kappa shape index (κ2) is 13.1. The lowest BCUT2D eigenvalue weighted by molar-refractivity contribution is 1.33. The number of hydrogen-bond donors (Lipinski definition) is 0. The lowest BCUT2D eigenvalue weighted by Crippen LogP contribution is -1.93. The first-order valence-electron chi connectivity index (χ1n) is 18.3. The van der Waals surface area contributed by atoms with Gasteiger partial charge in [0.15, 0.2) is 0 Å². The molecule has 2 nitrogen and oxygen atoms in total. The van der Waals surface area contributed by atoms with Crippen LogP contribution in [0.3, 0.4) is 0 Å². The fourth-order valence-corrected chi connectivity index (χ4v) is 9.76. The van der Waals surface area contributed by atoms with E-state index in [-0.39, 0.29) is 0 Å². The Balaban J connectivity index is 1.29. The number of thiophene rings is 1. The van der Waals surface area contributed by atoms with Crippen molar-refractivity contribution in [3.8, 4) is 33.4 Å². The van der Waals surface area contributed by atoms with Gasteiger partial charge in [0.2, 0.25) is 0 Å². The van der Waals surface area contributed by atoms with Gasteiger partial charge in [-0.25, -0.2) is 0 Å². The van der Waals surface area contributed by atoms with Gasteiger partial charge in [-0.1, -0.05) is 133 Å². The van der Waals surface area contributed by atoms with Crippen LogP contribution in [-0.2, 0) is 0 Å². The molecule has 0 aliphatic rings. The number of rotatable bonds is 6. The quantitative estimate of drug-likeness (QED) is 0.0960. The largest absolute Gasteiger partial charge is 0.272 e. The van der Waals surface area contributed by atoms with Gasteiger partial charge in [0.1, 0.15) is 0 Å². The molecule has 3 heteroatoms. The molecule has 0 amide bonds. The normalized spacial score (nSPS) is 12.3. The maximum atomic E-state index is 4.50. The van der Waals surface area contributed by atoms with Crippen molar-refractivity contribution in [3.63, 3.8) is 0 Å². The Bertz CT molecular complexity index is 3070. The molecule has 0 saturated heterocycles. The number of hydrogen-bond acceptors (Lipinski definition) is 3. The molecule has 0 N–H and O–H groups in total. The van der Waals surface area contributed by atoms with Crippen LogP contribution < -0.4 is 0 Å². The highest BCUT2D eigenvalue weighted by Crippen LogP contribution is 2.49. The highest BCUT2D eigenvalue weighted by atomic mass is 32.1. The fraction of sp³-hybridized carbons (Fsp3) is 0.0196. The Kier molecular flexibility index (Phi) is 7.75. The Hall–Kier alpha value is -6.68. The molecule has 8 aromatic carbocycles. The fourth-order valence-electron chi connectivity index (χ4n) is 8.65. The maximum Gasteiger partial charge on any atom is 0.0361 e. The van der Waals surface area contributed by atoms with E-state index in [2.05, 4.69) is 168 Å². The molecule has 0 aliphatic carbocycles. The van der Waals surface area contributed by atoms with Gasteiger partial charge in [0.05, 0.1) is 0 Å². The average molecular weight is 707 g/mol. The highest BCUT2D eigenvalue weighted by Gasteiger charge is 2.21. The molecule has 0 aliphatic heterocycles. The lowest BCUT2D eigenvalue weighted by atomic mass is 9.84. The first kappa shape index (κ1) is 32.0. The summed E-state index contributed by atoms with van der Waals surface area (Å²) in [4.78, 5) is 8.72. The van der Waals surface area contributed by atoms with Crippen molar-refractivity contribution < 1.29 is 0 Å². The minimum atomic E-state index is 1.05. The lowest BCUT2D eigenvalue weighted by Gasteiger charge is -2.19. The van der Waals surface area contributed by atoms with Crippen LogP contribution in [0, 0.1) is 0 Å². The Morgan fingerprint density at radius 1 is 0.556 bits per heavy atom. The minimum Gasteiger partial charge on any atom is -0.272 e. The molecule has 0 unspecified atom stereocenters. The van der Waals surface area contributed by atoms with E-state index in [1.807, 2.05) is 42.9 Å². The molecule has 254 valence electrons. The van der Waals surface area contributed by atoms with Crippen LogP contribution in [0.4, 0.5) is 0 Å². The molecule has 0 saturated carbocycles. The number of allylic oxidation sites excluding steroid dienone is 3. The van der Waals surface area contributed by atoms with Crippen molar-refractivity contribution in [1.29, 1.82) is 0 Å². The van der Waals surface area contributed by atoms with Crippen molar-refractivity contribution in [1.82, 2.24) is 4.98 Å². The van der Waals surface area contributed by atoms with E-state index >= 15 is 0 Å². The van der Waals surface area contributed by atoms with Crippen LogP contribution in [-0.4, -0.2) is 11.7 Å². The van der Waals surface area contributed by atoms with Crippen LogP contribution in [0.25, 0.3) is 102 Å². The molecular formula is C51H34N2S. The molecule has 0 radical (unpaired) electrons. The maximum absolute atomic E-state index is 4.50. The highest BCUT2D eigenvalue weighted by molar-refractivity contribution is 7.26. The summed E-state index contributed by atoms with van der Waals surface area (Å²) in [5.41, 5.74) is 9.54.